The maximum Gasteiger partial charge on any atom is 0.211 e. The summed E-state index contributed by atoms with van der Waals surface area (Å²) in [6.45, 7) is 3.95. The lowest BCUT2D eigenvalue weighted by Crippen LogP contribution is -2.36. The highest BCUT2D eigenvalue weighted by Crippen LogP contribution is 2.03. The lowest BCUT2D eigenvalue weighted by atomic mass is 10.4. The Morgan fingerprint density at radius 2 is 2.07 bits per heavy atom. The van der Waals surface area contributed by atoms with Gasteiger partial charge in [0.25, 0.3) is 0 Å². The van der Waals surface area contributed by atoms with E-state index in [4.69, 9.17) is 11.6 Å². The Kier molecular flexibility index (Phi) is 8.99. The largest absolute Gasteiger partial charge is 0.212 e. The molecule has 0 rings (SSSR count). The number of thioether (sulfide) groups is 1. The molecule has 1 atom stereocenters. The Morgan fingerprint density at radius 3 is 2.60 bits per heavy atom. The zero-order valence-electron chi connectivity index (χ0n) is 9.33. The van der Waals surface area contributed by atoms with Crippen molar-refractivity contribution >= 4 is 33.4 Å². The van der Waals surface area contributed by atoms with E-state index < -0.39 is 10.0 Å². The highest BCUT2D eigenvalue weighted by atomic mass is 35.5. The van der Waals surface area contributed by atoms with Gasteiger partial charge in [0.15, 0.2) is 0 Å². The second-order valence-corrected chi connectivity index (χ2v) is 6.96. The molecule has 0 aliphatic carbocycles. The first-order valence-corrected chi connectivity index (χ1v) is 8.49. The van der Waals surface area contributed by atoms with Gasteiger partial charge in [-0.1, -0.05) is 6.92 Å². The molecule has 0 aromatic heterocycles. The predicted octanol–water partition coefficient (Wildman–Crippen LogP) is 2.07. The van der Waals surface area contributed by atoms with Crippen molar-refractivity contribution in [3.8, 4) is 0 Å². The molecule has 15 heavy (non-hydrogen) atoms. The fraction of sp³-hybridized carbons (Fsp3) is 1.00. The molecule has 1 N–H and O–H groups in total. The lowest BCUT2D eigenvalue weighted by Gasteiger charge is -2.13. The maximum atomic E-state index is 11.5. The first kappa shape index (κ1) is 15.6. The summed E-state index contributed by atoms with van der Waals surface area (Å²) in [5.41, 5.74) is 0. The smallest absolute Gasteiger partial charge is 0.211 e. The summed E-state index contributed by atoms with van der Waals surface area (Å²) in [4.78, 5) is 0. The molecule has 0 aromatic carbocycles. The second-order valence-electron chi connectivity index (χ2n) is 3.39. The van der Waals surface area contributed by atoms with Gasteiger partial charge in [0.1, 0.15) is 0 Å². The van der Waals surface area contributed by atoms with Crippen molar-refractivity contribution in [1.29, 1.82) is 0 Å². The van der Waals surface area contributed by atoms with E-state index in [1.807, 2.05) is 6.92 Å². The van der Waals surface area contributed by atoms with Crippen LogP contribution in [-0.2, 0) is 10.0 Å². The summed E-state index contributed by atoms with van der Waals surface area (Å²) >= 11 is 7.22. The van der Waals surface area contributed by atoms with Crippen LogP contribution in [0, 0.1) is 0 Å². The summed E-state index contributed by atoms with van der Waals surface area (Å²) in [7, 11) is -3.11. The highest BCUT2D eigenvalue weighted by Gasteiger charge is 2.13. The number of halogens is 1. The Labute approximate surface area is 102 Å². The van der Waals surface area contributed by atoms with Crippen molar-refractivity contribution in [2.45, 2.75) is 32.7 Å². The SMILES string of the molecule is CCSCC(C)NS(=O)(=O)CCCCCl. The van der Waals surface area contributed by atoms with Crippen LogP contribution in [0.15, 0.2) is 0 Å². The third kappa shape index (κ3) is 9.48. The minimum Gasteiger partial charge on any atom is -0.212 e. The molecule has 6 heteroatoms. The molecule has 92 valence electrons. The molecule has 0 aromatic rings. The van der Waals surface area contributed by atoms with Crippen LogP contribution >= 0.6 is 23.4 Å². The first-order chi connectivity index (χ1) is 7.02. The molecule has 0 fully saturated rings. The van der Waals surface area contributed by atoms with Gasteiger partial charge >= 0.3 is 0 Å². The van der Waals surface area contributed by atoms with E-state index in [2.05, 4.69) is 11.6 Å². The molecule has 0 aliphatic rings. The van der Waals surface area contributed by atoms with Gasteiger partial charge in [0.2, 0.25) is 10.0 Å². The standard InChI is InChI=1S/C9H20ClNO2S2/c1-3-14-8-9(2)11-15(12,13)7-5-4-6-10/h9,11H,3-8H2,1-2H3. The number of hydrogen-bond donors (Lipinski definition) is 1. The van der Waals surface area contributed by atoms with E-state index in [-0.39, 0.29) is 11.8 Å². The highest BCUT2D eigenvalue weighted by molar-refractivity contribution is 7.99. The molecule has 0 spiro atoms. The Balaban J connectivity index is 3.81. The van der Waals surface area contributed by atoms with Gasteiger partial charge in [0, 0.05) is 17.7 Å². The zero-order chi connectivity index (χ0) is 11.7. The van der Waals surface area contributed by atoms with Crippen LogP contribution in [-0.4, -0.2) is 37.6 Å². The van der Waals surface area contributed by atoms with E-state index in [0.29, 0.717) is 12.3 Å². The summed E-state index contributed by atoms with van der Waals surface area (Å²) in [5.74, 6) is 2.54. The second kappa shape index (κ2) is 8.67. The van der Waals surface area contributed by atoms with Crippen LogP contribution in [0.2, 0.25) is 0 Å². The number of alkyl halides is 1. The van der Waals surface area contributed by atoms with Crippen molar-refractivity contribution in [2.24, 2.45) is 0 Å². The monoisotopic (exact) mass is 273 g/mol. The average Bonchev–Trinajstić information content (AvgIpc) is 2.14. The molecule has 3 nitrogen and oxygen atoms in total. The fourth-order valence-electron chi connectivity index (χ4n) is 1.08. The van der Waals surface area contributed by atoms with Crippen LogP contribution in [0.1, 0.15) is 26.7 Å². The van der Waals surface area contributed by atoms with E-state index in [0.717, 1.165) is 17.9 Å². The third-order valence-electron chi connectivity index (χ3n) is 1.75. The third-order valence-corrected chi connectivity index (χ3v) is 4.75. The first-order valence-electron chi connectivity index (χ1n) is 5.15. The average molecular weight is 274 g/mol. The normalized spacial score (nSPS) is 14.1. The van der Waals surface area contributed by atoms with Gasteiger partial charge < -0.3 is 0 Å². The quantitative estimate of drug-likeness (QED) is 0.517. The van der Waals surface area contributed by atoms with E-state index >= 15 is 0 Å². The number of nitrogens with one attached hydrogen (secondary N) is 1. The number of sulfonamides is 1. The van der Waals surface area contributed by atoms with Gasteiger partial charge in [-0.15, -0.1) is 11.6 Å². The molecule has 0 radical (unpaired) electrons. The van der Waals surface area contributed by atoms with Crippen molar-refractivity contribution in [3.05, 3.63) is 0 Å². The van der Waals surface area contributed by atoms with Crippen molar-refractivity contribution in [2.75, 3.05) is 23.1 Å². The van der Waals surface area contributed by atoms with Crippen LogP contribution in [0.25, 0.3) is 0 Å². The molecular weight excluding hydrogens is 254 g/mol. The van der Waals surface area contributed by atoms with Crippen molar-refractivity contribution in [1.82, 2.24) is 4.72 Å². The van der Waals surface area contributed by atoms with Crippen molar-refractivity contribution < 1.29 is 8.42 Å². The van der Waals surface area contributed by atoms with Gasteiger partial charge in [-0.2, -0.15) is 11.8 Å². The molecule has 0 amide bonds. The summed E-state index contributed by atoms with van der Waals surface area (Å²) in [6, 6.07) is 0.0101. The van der Waals surface area contributed by atoms with Gasteiger partial charge in [-0.25, -0.2) is 13.1 Å². The predicted molar refractivity (Wildman–Crippen MR) is 69.3 cm³/mol. The minimum atomic E-state index is -3.11. The topological polar surface area (TPSA) is 46.2 Å². The maximum absolute atomic E-state index is 11.5. The Bertz CT molecular complexity index is 244. The molecule has 0 heterocycles. The number of hydrogen-bond acceptors (Lipinski definition) is 3. The molecular formula is C9H20ClNO2S2. The molecule has 0 saturated carbocycles. The minimum absolute atomic E-state index is 0.0101. The Morgan fingerprint density at radius 1 is 1.40 bits per heavy atom. The number of rotatable bonds is 9. The Hall–Kier alpha value is 0.550. The molecule has 0 aliphatic heterocycles. The van der Waals surface area contributed by atoms with E-state index in [9.17, 15) is 8.42 Å². The van der Waals surface area contributed by atoms with Gasteiger partial charge in [-0.3, -0.25) is 0 Å². The summed E-state index contributed by atoms with van der Waals surface area (Å²) in [6.07, 6.45) is 1.38. The van der Waals surface area contributed by atoms with Gasteiger partial charge in [-0.05, 0) is 25.5 Å². The summed E-state index contributed by atoms with van der Waals surface area (Å²) in [5, 5.41) is 0. The molecule has 0 saturated heterocycles. The fourth-order valence-corrected chi connectivity index (χ4v) is 3.45. The van der Waals surface area contributed by atoms with E-state index in [1.165, 1.54) is 0 Å². The van der Waals surface area contributed by atoms with E-state index in [1.54, 1.807) is 11.8 Å². The van der Waals surface area contributed by atoms with Crippen molar-refractivity contribution in [3.63, 3.8) is 0 Å². The summed E-state index contributed by atoms with van der Waals surface area (Å²) < 4.78 is 25.7. The van der Waals surface area contributed by atoms with Crippen LogP contribution in [0.4, 0.5) is 0 Å². The van der Waals surface area contributed by atoms with Gasteiger partial charge in [0.05, 0.1) is 5.75 Å². The lowest BCUT2D eigenvalue weighted by molar-refractivity contribution is 0.568. The van der Waals surface area contributed by atoms with Crippen LogP contribution in [0.5, 0.6) is 0 Å². The zero-order valence-corrected chi connectivity index (χ0v) is 11.7. The molecule has 1 unspecified atom stereocenters. The number of unbranched alkanes of at least 4 members (excludes halogenated alkanes) is 1. The molecule has 0 bridgehead atoms. The van der Waals surface area contributed by atoms with Crippen LogP contribution < -0.4 is 4.72 Å². The van der Waals surface area contributed by atoms with Crippen LogP contribution in [0.3, 0.4) is 0 Å².